The average molecular weight is 290 g/mol. The minimum Gasteiger partial charge on any atom is -0.399 e. The number of anilines is 1. The first-order valence-electron chi connectivity index (χ1n) is 5.67. The van der Waals surface area contributed by atoms with Gasteiger partial charge in [0.15, 0.2) is 0 Å². The Hall–Kier alpha value is -1.34. The van der Waals surface area contributed by atoms with Crippen LogP contribution in [-0.2, 0) is 9.53 Å². The second kappa shape index (κ2) is 7.96. The molecule has 3 N–H and O–H groups in total. The number of amides is 1. The Morgan fingerprint density at radius 3 is 2.63 bits per heavy atom. The normalized spacial score (nSPS) is 10.5. The molecule has 0 spiro atoms. The van der Waals surface area contributed by atoms with Gasteiger partial charge < -0.3 is 15.8 Å². The van der Waals surface area contributed by atoms with Crippen LogP contribution in [0.4, 0.5) is 14.5 Å². The fourth-order valence-electron chi connectivity index (χ4n) is 1.35. The lowest BCUT2D eigenvalue weighted by atomic mass is 10.3. The molecular weight excluding hydrogens is 274 g/mol. The number of methoxy groups -OCH3 is 1. The maximum atomic E-state index is 13.4. The number of halogens is 2. The number of thioether (sulfide) groups is 1. The molecule has 7 heteroatoms. The first-order chi connectivity index (χ1) is 9.04. The summed E-state index contributed by atoms with van der Waals surface area (Å²) in [6.45, 7) is 1.02. The molecule has 4 nitrogen and oxygen atoms in total. The zero-order chi connectivity index (χ0) is 14.3. The van der Waals surface area contributed by atoms with Crippen LogP contribution in [0.15, 0.2) is 17.0 Å². The summed E-state index contributed by atoms with van der Waals surface area (Å²) < 4.78 is 31.7. The number of rotatable bonds is 7. The monoisotopic (exact) mass is 290 g/mol. The molecule has 0 heterocycles. The van der Waals surface area contributed by atoms with Crippen LogP contribution < -0.4 is 11.1 Å². The van der Waals surface area contributed by atoms with Crippen molar-refractivity contribution in [2.75, 3.05) is 31.7 Å². The maximum Gasteiger partial charge on any atom is 0.230 e. The molecule has 1 amide bonds. The van der Waals surface area contributed by atoms with Crippen LogP contribution >= 0.6 is 11.8 Å². The molecule has 0 aliphatic rings. The van der Waals surface area contributed by atoms with Crippen molar-refractivity contribution in [3.63, 3.8) is 0 Å². The first-order valence-corrected chi connectivity index (χ1v) is 6.66. The third-order valence-corrected chi connectivity index (χ3v) is 3.30. The van der Waals surface area contributed by atoms with Gasteiger partial charge in [0.1, 0.15) is 11.6 Å². The van der Waals surface area contributed by atoms with Gasteiger partial charge in [-0.15, -0.1) is 11.8 Å². The fourth-order valence-corrected chi connectivity index (χ4v) is 2.12. The van der Waals surface area contributed by atoms with Crippen molar-refractivity contribution in [1.29, 1.82) is 0 Å². The number of nitrogens with two attached hydrogens (primary N) is 1. The zero-order valence-electron chi connectivity index (χ0n) is 10.5. The molecular formula is C12H16F2N2O2S. The van der Waals surface area contributed by atoms with E-state index in [-0.39, 0.29) is 22.2 Å². The van der Waals surface area contributed by atoms with Gasteiger partial charge in [-0.25, -0.2) is 8.78 Å². The number of hydrogen-bond donors (Lipinski definition) is 2. The number of nitrogens with one attached hydrogen (secondary N) is 1. The summed E-state index contributed by atoms with van der Waals surface area (Å²) in [4.78, 5) is 11.2. The van der Waals surface area contributed by atoms with Crippen molar-refractivity contribution in [1.82, 2.24) is 5.32 Å². The van der Waals surface area contributed by atoms with E-state index in [0.717, 1.165) is 23.9 Å². The number of carbonyl (C=O) groups excluding carboxylic acids is 1. The molecule has 106 valence electrons. The summed E-state index contributed by atoms with van der Waals surface area (Å²) >= 11 is 0.805. The van der Waals surface area contributed by atoms with Gasteiger partial charge in [-0.1, -0.05) is 0 Å². The van der Waals surface area contributed by atoms with E-state index in [9.17, 15) is 13.6 Å². The van der Waals surface area contributed by atoms with Crippen molar-refractivity contribution >= 4 is 23.4 Å². The molecule has 1 rings (SSSR count). The van der Waals surface area contributed by atoms with Crippen molar-refractivity contribution in [3.05, 3.63) is 23.8 Å². The van der Waals surface area contributed by atoms with Gasteiger partial charge in [0.25, 0.3) is 0 Å². The van der Waals surface area contributed by atoms with E-state index in [2.05, 4.69) is 5.32 Å². The van der Waals surface area contributed by atoms with E-state index in [1.165, 1.54) is 0 Å². The van der Waals surface area contributed by atoms with E-state index in [4.69, 9.17) is 10.5 Å². The Morgan fingerprint density at radius 2 is 2.05 bits per heavy atom. The van der Waals surface area contributed by atoms with Crippen LogP contribution in [0, 0.1) is 11.6 Å². The highest BCUT2D eigenvalue weighted by atomic mass is 32.2. The van der Waals surface area contributed by atoms with E-state index in [0.29, 0.717) is 19.6 Å². The van der Waals surface area contributed by atoms with Gasteiger partial charge in [-0.2, -0.15) is 0 Å². The fraction of sp³-hybridized carbons (Fsp3) is 0.417. The highest BCUT2D eigenvalue weighted by Gasteiger charge is 2.12. The maximum absolute atomic E-state index is 13.4. The SMILES string of the molecule is COCCCNC(=O)CSc1c(F)cc(N)cc1F. The molecule has 0 aromatic heterocycles. The molecule has 1 aromatic carbocycles. The Labute approximate surface area is 114 Å². The standard InChI is InChI=1S/C12H16F2N2O2S/c1-18-4-2-3-16-11(17)7-19-12-9(13)5-8(15)6-10(12)14/h5-6H,2-4,7,15H2,1H3,(H,16,17). The lowest BCUT2D eigenvalue weighted by Gasteiger charge is -2.07. The number of carbonyl (C=O) groups is 1. The second-order valence-electron chi connectivity index (χ2n) is 3.80. The molecule has 0 saturated heterocycles. The number of ether oxygens (including phenoxy) is 1. The largest absolute Gasteiger partial charge is 0.399 e. The smallest absolute Gasteiger partial charge is 0.230 e. The van der Waals surface area contributed by atoms with E-state index < -0.39 is 11.6 Å². The Morgan fingerprint density at radius 1 is 1.42 bits per heavy atom. The van der Waals surface area contributed by atoms with Crippen molar-refractivity contribution in [2.24, 2.45) is 0 Å². The molecule has 0 fully saturated rings. The number of benzene rings is 1. The van der Waals surface area contributed by atoms with Gasteiger partial charge in [0, 0.05) is 25.9 Å². The molecule has 0 unspecified atom stereocenters. The van der Waals surface area contributed by atoms with E-state index in [1.54, 1.807) is 7.11 Å². The Bertz CT molecular complexity index is 421. The molecule has 0 atom stereocenters. The predicted molar refractivity (Wildman–Crippen MR) is 71.0 cm³/mol. The van der Waals surface area contributed by atoms with E-state index in [1.807, 2.05) is 0 Å². The van der Waals surface area contributed by atoms with Crippen LogP contribution in [0.1, 0.15) is 6.42 Å². The van der Waals surface area contributed by atoms with Gasteiger partial charge in [0.2, 0.25) is 5.91 Å². The van der Waals surface area contributed by atoms with Crippen molar-refractivity contribution in [3.8, 4) is 0 Å². The molecule has 19 heavy (non-hydrogen) atoms. The summed E-state index contributed by atoms with van der Waals surface area (Å²) in [5.41, 5.74) is 5.32. The Kier molecular flexibility index (Phi) is 6.58. The van der Waals surface area contributed by atoms with Crippen LogP contribution in [0.5, 0.6) is 0 Å². The third-order valence-electron chi connectivity index (χ3n) is 2.22. The predicted octanol–water partition coefficient (Wildman–Crippen LogP) is 1.79. The third kappa shape index (κ3) is 5.44. The van der Waals surface area contributed by atoms with Crippen LogP contribution in [0.25, 0.3) is 0 Å². The zero-order valence-corrected chi connectivity index (χ0v) is 11.4. The van der Waals surface area contributed by atoms with Gasteiger partial charge in [-0.3, -0.25) is 4.79 Å². The van der Waals surface area contributed by atoms with Gasteiger partial charge >= 0.3 is 0 Å². The molecule has 0 radical (unpaired) electrons. The van der Waals surface area contributed by atoms with E-state index >= 15 is 0 Å². The topological polar surface area (TPSA) is 64.3 Å². The Balaban J connectivity index is 2.42. The number of nitrogen functional groups attached to an aromatic ring is 1. The summed E-state index contributed by atoms with van der Waals surface area (Å²) in [5, 5.41) is 2.63. The van der Waals surface area contributed by atoms with Crippen molar-refractivity contribution < 1.29 is 18.3 Å². The first kappa shape index (κ1) is 15.7. The number of hydrogen-bond acceptors (Lipinski definition) is 4. The highest BCUT2D eigenvalue weighted by Crippen LogP contribution is 2.26. The summed E-state index contributed by atoms with van der Waals surface area (Å²) in [7, 11) is 1.57. The average Bonchev–Trinajstić information content (AvgIpc) is 2.33. The second-order valence-corrected chi connectivity index (χ2v) is 4.78. The summed E-state index contributed by atoms with van der Waals surface area (Å²) in [5.74, 6) is -1.84. The minimum atomic E-state index is -0.755. The highest BCUT2D eigenvalue weighted by molar-refractivity contribution is 8.00. The molecule has 0 aliphatic heterocycles. The quantitative estimate of drug-likeness (QED) is 0.456. The van der Waals surface area contributed by atoms with Crippen LogP contribution in [0.2, 0.25) is 0 Å². The summed E-state index contributed by atoms with van der Waals surface area (Å²) in [6, 6.07) is 2.06. The lowest BCUT2D eigenvalue weighted by molar-refractivity contribution is -0.118. The molecule has 1 aromatic rings. The van der Waals surface area contributed by atoms with Gasteiger partial charge in [-0.05, 0) is 18.6 Å². The van der Waals surface area contributed by atoms with Crippen LogP contribution in [-0.4, -0.2) is 31.9 Å². The van der Waals surface area contributed by atoms with Crippen molar-refractivity contribution in [2.45, 2.75) is 11.3 Å². The lowest BCUT2D eigenvalue weighted by Crippen LogP contribution is -2.26. The summed E-state index contributed by atoms with van der Waals surface area (Å²) in [6.07, 6.45) is 0.692. The van der Waals surface area contributed by atoms with Gasteiger partial charge in [0.05, 0.1) is 10.6 Å². The molecule has 0 aliphatic carbocycles. The molecule has 0 bridgehead atoms. The minimum absolute atomic E-state index is 0.0170. The van der Waals surface area contributed by atoms with Crippen LogP contribution in [0.3, 0.4) is 0 Å². The molecule has 0 saturated carbocycles.